The van der Waals surface area contributed by atoms with E-state index in [0.717, 1.165) is 12.2 Å². The summed E-state index contributed by atoms with van der Waals surface area (Å²) < 4.78 is 0. The van der Waals surface area contributed by atoms with Gasteiger partial charge in [0.05, 0.1) is 5.02 Å². The second-order valence-corrected chi connectivity index (χ2v) is 3.11. The molecule has 0 fully saturated rings. The Morgan fingerprint density at radius 2 is 1.93 bits per heavy atom. The minimum atomic E-state index is -1.21. The lowest BCUT2D eigenvalue weighted by molar-refractivity contribution is -0.131. The van der Waals surface area contributed by atoms with Crippen molar-refractivity contribution in [3.63, 3.8) is 0 Å². The Bertz CT molecular complexity index is 437. The molecule has 0 amide bonds. The Kier molecular flexibility index (Phi) is 3.46. The Balaban J connectivity index is 2.97. The SMILES string of the molecule is O=C(O)/C=C/C(=O)c1ccc(O)cc1Cl. The van der Waals surface area contributed by atoms with Crippen molar-refractivity contribution in [1.29, 1.82) is 0 Å². The van der Waals surface area contributed by atoms with Crippen LogP contribution >= 0.6 is 11.6 Å². The maximum Gasteiger partial charge on any atom is 0.328 e. The summed E-state index contributed by atoms with van der Waals surface area (Å²) in [7, 11) is 0. The number of rotatable bonds is 3. The molecule has 0 saturated carbocycles. The normalized spacial score (nSPS) is 10.5. The Morgan fingerprint density at radius 1 is 1.27 bits per heavy atom. The lowest BCUT2D eigenvalue weighted by Crippen LogP contribution is -1.97. The highest BCUT2D eigenvalue weighted by Gasteiger charge is 2.08. The third-order valence-electron chi connectivity index (χ3n) is 1.60. The number of hydrogen-bond donors (Lipinski definition) is 2. The zero-order chi connectivity index (χ0) is 11.4. The van der Waals surface area contributed by atoms with Gasteiger partial charge in [0.25, 0.3) is 0 Å². The van der Waals surface area contributed by atoms with Crippen molar-refractivity contribution in [2.75, 3.05) is 0 Å². The number of carbonyl (C=O) groups is 2. The monoisotopic (exact) mass is 226 g/mol. The van der Waals surface area contributed by atoms with Crippen molar-refractivity contribution < 1.29 is 19.8 Å². The van der Waals surface area contributed by atoms with Crippen LogP contribution in [0.25, 0.3) is 0 Å². The first-order valence-corrected chi connectivity index (χ1v) is 4.32. The summed E-state index contributed by atoms with van der Waals surface area (Å²) >= 11 is 5.68. The van der Waals surface area contributed by atoms with Crippen molar-refractivity contribution in [3.05, 3.63) is 40.9 Å². The summed E-state index contributed by atoms with van der Waals surface area (Å²) in [5.74, 6) is -1.79. The number of aliphatic carboxylic acids is 1. The Hall–Kier alpha value is -1.81. The van der Waals surface area contributed by atoms with Gasteiger partial charge in [-0.15, -0.1) is 0 Å². The highest BCUT2D eigenvalue weighted by atomic mass is 35.5. The zero-order valence-corrected chi connectivity index (χ0v) is 8.23. The predicted octanol–water partition coefficient (Wildman–Crippen LogP) is 1.87. The summed E-state index contributed by atoms with van der Waals surface area (Å²) in [6, 6.07) is 3.84. The predicted molar refractivity (Wildman–Crippen MR) is 54.2 cm³/mol. The summed E-state index contributed by atoms with van der Waals surface area (Å²) in [5.41, 5.74) is 0.145. The molecule has 0 saturated heterocycles. The number of benzene rings is 1. The Morgan fingerprint density at radius 3 is 2.47 bits per heavy atom. The standard InChI is InChI=1S/C10H7ClO4/c11-8-5-6(12)1-2-7(8)9(13)3-4-10(14)15/h1-5,12H,(H,14,15)/b4-3+. The molecule has 5 heteroatoms. The molecule has 0 unspecified atom stereocenters. The van der Waals surface area contributed by atoms with E-state index in [0.29, 0.717) is 0 Å². The minimum absolute atomic E-state index is 0.0567. The number of phenolic OH excluding ortho intramolecular Hbond substituents is 1. The lowest BCUT2D eigenvalue weighted by Gasteiger charge is -1.99. The van der Waals surface area contributed by atoms with Gasteiger partial charge in [0.1, 0.15) is 5.75 Å². The van der Waals surface area contributed by atoms with Crippen molar-refractivity contribution in [2.24, 2.45) is 0 Å². The highest BCUT2D eigenvalue weighted by Crippen LogP contribution is 2.22. The number of allylic oxidation sites excluding steroid dienone is 1. The minimum Gasteiger partial charge on any atom is -0.508 e. The average molecular weight is 227 g/mol. The number of phenols is 1. The second kappa shape index (κ2) is 4.61. The van der Waals surface area contributed by atoms with Crippen LogP contribution in [-0.2, 0) is 4.79 Å². The van der Waals surface area contributed by atoms with E-state index < -0.39 is 11.8 Å². The van der Waals surface area contributed by atoms with Gasteiger partial charge in [-0.25, -0.2) is 4.79 Å². The van der Waals surface area contributed by atoms with Gasteiger partial charge >= 0.3 is 5.97 Å². The highest BCUT2D eigenvalue weighted by molar-refractivity contribution is 6.34. The number of aromatic hydroxyl groups is 1. The van der Waals surface area contributed by atoms with E-state index >= 15 is 0 Å². The van der Waals surface area contributed by atoms with E-state index in [1.54, 1.807) is 0 Å². The van der Waals surface area contributed by atoms with Gasteiger partial charge < -0.3 is 10.2 Å². The molecule has 0 bridgehead atoms. The molecule has 0 aromatic heterocycles. The van der Waals surface area contributed by atoms with Crippen molar-refractivity contribution in [2.45, 2.75) is 0 Å². The van der Waals surface area contributed by atoms with Crippen LogP contribution in [0.5, 0.6) is 5.75 Å². The van der Waals surface area contributed by atoms with Gasteiger partial charge in [-0.05, 0) is 24.3 Å². The molecular weight excluding hydrogens is 220 g/mol. The molecule has 0 heterocycles. The molecule has 0 spiro atoms. The summed E-state index contributed by atoms with van der Waals surface area (Å²) in [6.45, 7) is 0. The fourth-order valence-corrected chi connectivity index (χ4v) is 1.21. The molecule has 0 aliphatic carbocycles. The van der Waals surface area contributed by atoms with E-state index in [-0.39, 0.29) is 16.3 Å². The number of carboxylic acid groups (broad SMARTS) is 1. The number of carboxylic acids is 1. The first kappa shape index (κ1) is 11.3. The first-order chi connectivity index (χ1) is 7.00. The largest absolute Gasteiger partial charge is 0.508 e. The molecule has 0 atom stereocenters. The topological polar surface area (TPSA) is 74.6 Å². The third kappa shape index (κ3) is 3.11. The summed E-state index contributed by atoms with van der Waals surface area (Å²) in [6.07, 6.45) is 1.63. The average Bonchev–Trinajstić information content (AvgIpc) is 2.14. The zero-order valence-electron chi connectivity index (χ0n) is 7.48. The first-order valence-electron chi connectivity index (χ1n) is 3.94. The molecule has 78 valence electrons. The smallest absolute Gasteiger partial charge is 0.328 e. The number of halogens is 1. The molecule has 1 rings (SSSR count). The number of carbonyl (C=O) groups excluding carboxylic acids is 1. The molecule has 0 aliphatic rings. The molecular formula is C10H7ClO4. The van der Waals surface area contributed by atoms with Gasteiger partial charge in [-0.1, -0.05) is 11.6 Å². The van der Waals surface area contributed by atoms with Crippen LogP contribution in [0.15, 0.2) is 30.4 Å². The van der Waals surface area contributed by atoms with Crippen LogP contribution in [0.1, 0.15) is 10.4 Å². The third-order valence-corrected chi connectivity index (χ3v) is 1.91. The summed E-state index contributed by atoms with van der Waals surface area (Å²) in [4.78, 5) is 21.5. The Labute approximate surface area is 90.4 Å². The van der Waals surface area contributed by atoms with E-state index in [9.17, 15) is 9.59 Å². The van der Waals surface area contributed by atoms with Crippen molar-refractivity contribution in [3.8, 4) is 5.75 Å². The van der Waals surface area contributed by atoms with Crippen LogP contribution in [0.4, 0.5) is 0 Å². The van der Waals surface area contributed by atoms with Gasteiger partial charge in [0.2, 0.25) is 0 Å². The van der Waals surface area contributed by atoms with Crippen molar-refractivity contribution in [1.82, 2.24) is 0 Å². The molecule has 2 N–H and O–H groups in total. The van der Waals surface area contributed by atoms with E-state index in [2.05, 4.69) is 0 Å². The van der Waals surface area contributed by atoms with Crippen LogP contribution < -0.4 is 0 Å². The van der Waals surface area contributed by atoms with E-state index in [1.807, 2.05) is 0 Å². The quantitative estimate of drug-likeness (QED) is 0.610. The fourth-order valence-electron chi connectivity index (χ4n) is 0.941. The van der Waals surface area contributed by atoms with Gasteiger partial charge in [-0.2, -0.15) is 0 Å². The molecule has 0 aliphatic heterocycles. The van der Waals surface area contributed by atoms with Gasteiger partial charge in [0.15, 0.2) is 5.78 Å². The number of ketones is 1. The fraction of sp³-hybridized carbons (Fsp3) is 0. The van der Waals surface area contributed by atoms with Crippen LogP contribution in [-0.4, -0.2) is 22.0 Å². The second-order valence-electron chi connectivity index (χ2n) is 2.70. The molecule has 4 nitrogen and oxygen atoms in total. The van der Waals surface area contributed by atoms with Gasteiger partial charge in [-0.3, -0.25) is 4.79 Å². The molecule has 0 radical (unpaired) electrons. The maximum absolute atomic E-state index is 11.4. The maximum atomic E-state index is 11.4. The van der Waals surface area contributed by atoms with Crippen molar-refractivity contribution >= 4 is 23.4 Å². The van der Waals surface area contributed by atoms with Crippen LogP contribution in [0.3, 0.4) is 0 Å². The van der Waals surface area contributed by atoms with Crippen LogP contribution in [0, 0.1) is 0 Å². The molecule has 1 aromatic rings. The van der Waals surface area contributed by atoms with E-state index in [1.165, 1.54) is 18.2 Å². The number of hydrogen-bond acceptors (Lipinski definition) is 3. The molecule has 1 aromatic carbocycles. The van der Waals surface area contributed by atoms with E-state index in [4.69, 9.17) is 21.8 Å². The summed E-state index contributed by atoms with van der Waals surface area (Å²) in [5, 5.41) is 17.4. The lowest BCUT2D eigenvalue weighted by atomic mass is 10.1. The van der Waals surface area contributed by atoms with Gasteiger partial charge in [0, 0.05) is 11.6 Å². The van der Waals surface area contributed by atoms with Crippen LogP contribution in [0.2, 0.25) is 5.02 Å². The molecule has 15 heavy (non-hydrogen) atoms.